The Kier molecular flexibility index (Phi) is 5.72. The van der Waals surface area contributed by atoms with Crippen LogP contribution in [-0.2, 0) is 6.42 Å². The summed E-state index contributed by atoms with van der Waals surface area (Å²) in [5.41, 5.74) is 1.67. The molecule has 0 saturated heterocycles. The number of anilines is 2. The number of benzene rings is 1. The van der Waals surface area contributed by atoms with E-state index in [1.165, 1.54) is 11.8 Å². The number of rotatable bonds is 7. The summed E-state index contributed by atoms with van der Waals surface area (Å²) in [6, 6.07) is 14.8. The largest absolute Gasteiger partial charge is 0.497 e. The SMILES string of the molecule is COc1ccc(CCNc2ccc(NC(=O)c3cccnc3)nn2)cc1. The predicted molar refractivity (Wildman–Crippen MR) is 99.4 cm³/mol. The molecule has 26 heavy (non-hydrogen) atoms. The minimum Gasteiger partial charge on any atom is -0.497 e. The van der Waals surface area contributed by atoms with Gasteiger partial charge in [0.15, 0.2) is 5.82 Å². The zero-order chi connectivity index (χ0) is 18.2. The van der Waals surface area contributed by atoms with Crippen molar-refractivity contribution in [2.75, 3.05) is 24.3 Å². The maximum atomic E-state index is 12.0. The monoisotopic (exact) mass is 349 g/mol. The minimum absolute atomic E-state index is 0.271. The van der Waals surface area contributed by atoms with Gasteiger partial charge in [0, 0.05) is 18.9 Å². The lowest BCUT2D eigenvalue weighted by atomic mass is 10.1. The van der Waals surface area contributed by atoms with Crippen LogP contribution >= 0.6 is 0 Å². The number of aromatic nitrogens is 3. The average molecular weight is 349 g/mol. The number of hydrogen-bond donors (Lipinski definition) is 2. The lowest BCUT2D eigenvalue weighted by Gasteiger charge is -2.07. The molecule has 3 aromatic rings. The highest BCUT2D eigenvalue weighted by atomic mass is 16.5. The summed E-state index contributed by atoms with van der Waals surface area (Å²) in [6.07, 6.45) is 3.96. The van der Waals surface area contributed by atoms with E-state index in [1.54, 1.807) is 37.6 Å². The molecule has 1 aromatic carbocycles. The van der Waals surface area contributed by atoms with E-state index in [1.807, 2.05) is 24.3 Å². The highest BCUT2D eigenvalue weighted by molar-refractivity contribution is 6.03. The van der Waals surface area contributed by atoms with Gasteiger partial charge in [-0.3, -0.25) is 9.78 Å². The highest BCUT2D eigenvalue weighted by Gasteiger charge is 2.07. The number of carbonyl (C=O) groups is 1. The number of carbonyl (C=O) groups excluding carboxylic acids is 1. The molecular formula is C19H19N5O2. The van der Waals surface area contributed by atoms with Crippen LogP contribution < -0.4 is 15.4 Å². The van der Waals surface area contributed by atoms with Crippen LogP contribution in [0.3, 0.4) is 0 Å². The predicted octanol–water partition coefficient (Wildman–Crippen LogP) is 2.79. The van der Waals surface area contributed by atoms with E-state index in [4.69, 9.17) is 4.74 Å². The second kappa shape index (κ2) is 8.57. The molecule has 2 N–H and O–H groups in total. The molecule has 0 saturated carbocycles. The van der Waals surface area contributed by atoms with Gasteiger partial charge in [0.25, 0.3) is 5.91 Å². The third kappa shape index (κ3) is 4.76. The number of nitrogens with one attached hydrogen (secondary N) is 2. The van der Waals surface area contributed by atoms with E-state index in [2.05, 4.69) is 25.8 Å². The van der Waals surface area contributed by atoms with E-state index >= 15 is 0 Å². The quantitative estimate of drug-likeness (QED) is 0.682. The highest BCUT2D eigenvalue weighted by Crippen LogP contribution is 2.12. The van der Waals surface area contributed by atoms with E-state index in [9.17, 15) is 4.79 Å². The van der Waals surface area contributed by atoms with E-state index < -0.39 is 0 Å². The molecule has 0 bridgehead atoms. The first-order chi connectivity index (χ1) is 12.7. The van der Waals surface area contributed by atoms with Gasteiger partial charge in [-0.15, -0.1) is 10.2 Å². The number of ether oxygens (including phenoxy) is 1. The number of amides is 1. The molecule has 132 valence electrons. The summed E-state index contributed by atoms with van der Waals surface area (Å²) in [5.74, 6) is 1.61. The Morgan fingerprint density at radius 3 is 2.46 bits per heavy atom. The lowest BCUT2D eigenvalue weighted by molar-refractivity contribution is 0.102. The fourth-order valence-electron chi connectivity index (χ4n) is 2.31. The van der Waals surface area contributed by atoms with Gasteiger partial charge < -0.3 is 15.4 Å². The van der Waals surface area contributed by atoms with Crippen LogP contribution in [0.4, 0.5) is 11.6 Å². The van der Waals surface area contributed by atoms with Crippen molar-refractivity contribution in [3.63, 3.8) is 0 Å². The van der Waals surface area contributed by atoms with Crippen molar-refractivity contribution in [1.29, 1.82) is 0 Å². The summed E-state index contributed by atoms with van der Waals surface area (Å²) in [5, 5.41) is 14.0. The van der Waals surface area contributed by atoms with Crippen molar-refractivity contribution < 1.29 is 9.53 Å². The van der Waals surface area contributed by atoms with Gasteiger partial charge in [-0.25, -0.2) is 0 Å². The van der Waals surface area contributed by atoms with Crippen LogP contribution in [0.25, 0.3) is 0 Å². The first kappa shape index (κ1) is 17.3. The van der Waals surface area contributed by atoms with Gasteiger partial charge in [-0.05, 0) is 48.4 Å². The summed E-state index contributed by atoms with van der Waals surface area (Å²) < 4.78 is 5.14. The molecule has 3 rings (SSSR count). The van der Waals surface area contributed by atoms with Crippen molar-refractivity contribution in [3.8, 4) is 5.75 Å². The summed E-state index contributed by atoms with van der Waals surface area (Å²) in [7, 11) is 1.65. The number of pyridine rings is 1. The Morgan fingerprint density at radius 2 is 1.81 bits per heavy atom. The standard InChI is InChI=1S/C19H19N5O2/c1-26-16-6-4-14(5-7-16)10-12-21-17-8-9-18(24-23-17)22-19(25)15-3-2-11-20-13-15/h2-9,11,13H,10,12H2,1H3,(H,21,23)(H,22,24,25). The number of methoxy groups -OCH3 is 1. The molecule has 0 radical (unpaired) electrons. The zero-order valence-corrected chi connectivity index (χ0v) is 14.3. The average Bonchev–Trinajstić information content (AvgIpc) is 2.70. The molecule has 0 aliphatic rings. The Balaban J connectivity index is 1.48. The Hall–Kier alpha value is -3.48. The summed E-state index contributed by atoms with van der Waals surface area (Å²) >= 11 is 0. The van der Waals surface area contributed by atoms with Gasteiger partial charge in [0.05, 0.1) is 12.7 Å². The van der Waals surface area contributed by atoms with Crippen molar-refractivity contribution in [2.24, 2.45) is 0 Å². The van der Waals surface area contributed by atoms with Crippen molar-refractivity contribution in [2.45, 2.75) is 6.42 Å². The molecule has 0 aliphatic heterocycles. The first-order valence-corrected chi connectivity index (χ1v) is 8.16. The second-order valence-corrected chi connectivity index (χ2v) is 5.52. The van der Waals surface area contributed by atoms with Crippen LogP contribution in [0, 0.1) is 0 Å². The van der Waals surface area contributed by atoms with Gasteiger partial charge in [-0.1, -0.05) is 12.1 Å². The molecule has 7 heteroatoms. The number of nitrogens with zero attached hydrogens (tertiary/aromatic N) is 3. The Morgan fingerprint density at radius 1 is 1.04 bits per heavy atom. The van der Waals surface area contributed by atoms with Gasteiger partial charge in [0.2, 0.25) is 0 Å². The molecule has 0 aliphatic carbocycles. The third-order valence-corrected chi connectivity index (χ3v) is 3.71. The van der Waals surface area contributed by atoms with Gasteiger partial charge in [-0.2, -0.15) is 0 Å². The zero-order valence-electron chi connectivity index (χ0n) is 14.3. The van der Waals surface area contributed by atoms with E-state index in [0.29, 0.717) is 17.2 Å². The number of hydrogen-bond acceptors (Lipinski definition) is 6. The second-order valence-electron chi connectivity index (χ2n) is 5.52. The van der Waals surface area contributed by atoms with Crippen molar-refractivity contribution in [1.82, 2.24) is 15.2 Å². The molecule has 1 amide bonds. The molecule has 0 unspecified atom stereocenters. The summed E-state index contributed by atoms with van der Waals surface area (Å²) in [6.45, 7) is 0.725. The normalized spacial score (nSPS) is 10.2. The van der Waals surface area contributed by atoms with Crippen molar-refractivity contribution in [3.05, 3.63) is 72.1 Å². The molecular weight excluding hydrogens is 330 g/mol. The smallest absolute Gasteiger partial charge is 0.258 e. The minimum atomic E-state index is -0.271. The fraction of sp³-hybridized carbons (Fsp3) is 0.158. The lowest BCUT2D eigenvalue weighted by Crippen LogP contribution is -2.14. The molecule has 0 fully saturated rings. The summed E-state index contributed by atoms with van der Waals surface area (Å²) in [4.78, 5) is 15.9. The van der Waals surface area contributed by atoms with Crippen LogP contribution in [0.2, 0.25) is 0 Å². The maximum absolute atomic E-state index is 12.0. The van der Waals surface area contributed by atoms with E-state index in [0.717, 1.165) is 18.7 Å². The van der Waals surface area contributed by atoms with Gasteiger partial charge >= 0.3 is 0 Å². The topological polar surface area (TPSA) is 89.0 Å². The fourth-order valence-corrected chi connectivity index (χ4v) is 2.31. The molecule has 0 atom stereocenters. The van der Waals surface area contributed by atoms with Crippen LogP contribution in [0.5, 0.6) is 5.75 Å². The first-order valence-electron chi connectivity index (χ1n) is 8.16. The third-order valence-electron chi connectivity index (χ3n) is 3.71. The molecule has 0 spiro atoms. The van der Waals surface area contributed by atoms with Crippen LogP contribution in [0.1, 0.15) is 15.9 Å². The Bertz CT molecular complexity index is 836. The van der Waals surface area contributed by atoms with Crippen LogP contribution in [0.15, 0.2) is 60.9 Å². The maximum Gasteiger partial charge on any atom is 0.258 e. The van der Waals surface area contributed by atoms with Crippen LogP contribution in [-0.4, -0.2) is 34.7 Å². The van der Waals surface area contributed by atoms with E-state index in [-0.39, 0.29) is 5.91 Å². The van der Waals surface area contributed by atoms with Crippen molar-refractivity contribution >= 4 is 17.5 Å². The van der Waals surface area contributed by atoms with Gasteiger partial charge in [0.1, 0.15) is 11.6 Å². The molecule has 7 nitrogen and oxygen atoms in total. The Labute approximate surface area is 151 Å². The molecule has 2 aromatic heterocycles. The molecule has 2 heterocycles.